The number of halogens is 1. The lowest BCUT2D eigenvalue weighted by Crippen LogP contribution is -2.25. The van der Waals surface area contributed by atoms with Crippen LogP contribution in [0.3, 0.4) is 0 Å². The van der Waals surface area contributed by atoms with Crippen molar-refractivity contribution in [3.63, 3.8) is 0 Å². The Morgan fingerprint density at radius 1 is 1.00 bits per heavy atom. The SMILES string of the molecule is CC(C)CCNC(=O)c1ccc(Cn2c(SCc3ccc(F)cc3)nc3ccccc3c2=O)cc1. The summed E-state index contributed by atoms with van der Waals surface area (Å²) >= 11 is 1.44. The van der Waals surface area contributed by atoms with Crippen molar-refractivity contribution in [2.75, 3.05) is 6.54 Å². The molecule has 1 heterocycles. The van der Waals surface area contributed by atoms with Gasteiger partial charge in [0.05, 0.1) is 17.4 Å². The lowest BCUT2D eigenvalue weighted by atomic mass is 10.1. The van der Waals surface area contributed by atoms with E-state index in [4.69, 9.17) is 4.98 Å². The first-order chi connectivity index (χ1) is 16.9. The summed E-state index contributed by atoms with van der Waals surface area (Å²) in [5.74, 6) is 0.705. The number of benzene rings is 3. The number of hydrogen-bond acceptors (Lipinski definition) is 4. The maximum absolute atomic E-state index is 13.4. The fraction of sp³-hybridized carbons (Fsp3) is 0.250. The van der Waals surface area contributed by atoms with E-state index in [1.54, 1.807) is 34.9 Å². The summed E-state index contributed by atoms with van der Waals surface area (Å²) in [7, 11) is 0. The van der Waals surface area contributed by atoms with Gasteiger partial charge in [0.15, 0.2) is 5.16 Å². The summed E-state index contributed by atoms with van der Waals surface area (Å²) in [5.41, 5.74) is 2.95. The number of carbonyl (C=O) groups excluding carboxylic acids is 1. The van der Waals surface area contributed by atoms with Gasteiger partial charge in [0, 0.05) is 17.9 Å². The number of aromatic nitrogens is 2. The number of carbonyl (C=O) groups is 1. The van der Waals surface area contributed by atoms with Gasteiger partial charge < -0.3 is 5.32 Å². The van der Waals surface area contributed by atoms with E-state index in [9.17, 15) is 14.0 Å². The largest absolute Gasteiger partial charge is 0.352 e. The Labute approximate surface area is 208 Å². The molecule has 0 aliphatic carbocycles. The third kappa shape index (κ3) is 6.36. The Morgan fingerprint density at radius 3 is 2.40 bits per heavy atom. The highest BCUT2D eigenvalue weighted by Gasteiger charge is 2.13. The highest BCUT2D eigenvalue weighted by Crippen LogP contribution is 2.23. The fourth-order valence-electron chi connectivity index (χ4n) is 3.65. The first-order valence-corrected chi connectivity index (χ1v) is 12.6. The number of nitrogens with zero attached hydrogens (tertiary/aromatic N) is 2. The standard InChI is InChI=1S/C28H28FN3O2S/c1-19(2)15-16-30-26(33)22-11-7-20(8-12-22)17-32-27(34)24-5-3-4-6-25(24)31-28(32)35-18-21-9-13-23(29)14-10-21/h3-14,19H,15-18H2,1-2H3,(H,30,33). The van der Waals surface area contributed by atoms with Crippen LogP contribution in [0.2, 0.25) is 0 Å². The molecule has 0 bridgehead atoms. The number of para-hydroxylation sites is 1. The Bertz CT molecular complexity index is 1370. The Hall–Kier alpha value is -3.45. The normalized spacial score (nSPS) is 11.2. The molecule has 1 amide bonds. The molecule has 4 aromatic rings. The molecule has 35 heavy (non-hydrogen) atoms. The van der Waals surface area contributed by atoms with E-state index in [1.165, 1.54) is 23.9 Å². The van der Waals surface area contributed by atoms with Crippen LogP contribution in [0.1, 0.15) is 41.8 Å². The monoisotopic (exact) mass is 489 g/mol. The minimum atomic E-state index is -0.281. The van der Waals surface area contributed by atoms with E-state index < -0.39 is 0 Å². The average Bonchev–Trinajstić information content (AvgIpc) is 2.86. The van der Waals surface area contributed by atoms with Gasteiger partial charge in [0.2, 0.25) is 0 Å². The van der Waals surface area contributed by atoms with Gasteiger partial charge >= 0.3 is 0 Å². The van der Waals surface area contributed by atoms with Crippen LogP contribution in [0.4, 0.5) is 4.39 Å². The second-order valence-electron chi connectivity index (χ2n) is 8.85. The van der Waals surface area contributed by atoms with Crippen LogP contribution in [-0.4, -0.2) is 22.0 Å². The van der Waals surface area contributed by atoms with Gasteiger partial charge in [-0.15, -0.1) is 0 Å². The van der Waals surface area contributed by atoms with Crippen molar-refractivity contribution >= 4 is 28.6 Å². The summed E-state index contributed by atoms with van der Waals surface area (Å²) in [6.45, 7) is 5.22. The number of nitrogens with one attached hydrogen (secondary N) is 1. The third-order valence-electron chi connectivity index (χ3n) is 5.67. The molecule has 0 saturated carbocycles. The molecule has 0 spiro atoms. The minimum absolute atomic E-state index is 0.0997. The zero-order valence-electron chi connectivity index (χ0n) is 19.8. The molecule has 1 N–H and O–H groups in total. The molecule has 0 saturated heterocycles. The molecule has 0 radical (unpaired) electrons. The Morgan fingerprint density at radius 2 is 1.69 bits per heavy atom. The van der Waals surface area contributed by atoms with Crippen molar-refractivity contribution < 1.29 is 9.18 Å². The van der Waals surface area contributed by atoms with E-state index in [0.29, 0.717) is 46.4 Å². The number of amides is 1. The molecule has 1 aromatic heterocycles. The predicted octanol–water partition coefficient (Wildman–Crippen LogP) is 5.65. The van der Waals surface area contributed by atoms with Gasteiger partial charge in [-0.2, -0.15) is 0 Å². The van der Waals surface area contributed by atoms with E-state index in [-0.39, 0.29) is 17.3 Å². The first kappa shape index (κ1) is 24.7. The molecule has 0 unspecified atom stereocenters. The summed E-state index contributed by atoms with van der Waals surface area (Å²) < 4.78 is 14.9. The highest BCUT2D eigenvalue weighted by atomic mass is 32.2. The van der Waals surface area contributed by atoms with Gasteiger partial charge in [-0.05, 0) is 59.9 Å². The fourth-order valence-corrected chi connectivity index (χ4v) is 4.60. The third-order valence-corrected chi connectivity index (χ3v) is 6.72. The zero-order chi connectivity index (χ0) is 24.8. The van der Waals surface area contributed by atoms with Gasteiger partial charge in [-0.25, -0.2) is 9.37 Å². The van der Waals surface area contributed by atoms with Crippen molar-refractivity contribution in [2.24, 2.45) is 5.92 Å². The Balaban J connectivity index is 1.57. The first-order valence-electron chi connectivity index (χ1n) is 11.6. The van der Waals surface area contributed by atoms with Gasteiger partial charge in [0.1, 0.15) is 5.82 Å². The van der Waals surface area contributed by atoms with Gasteiger partial charge in [0.25, 0.3) is 11.5 Å². The van der Waals surface area contributed by atoms with E-state index in [1.807, 2.05) is 30.3 Å². The second-order valence-corrected chi connectivity index (χ2v) is 9.80. The predicted molar refractivity (Wildman–Crippen MR) is 139 cm³/mol. The van der Waals surface area contributed by atoms with Crippen LogP contribution in [0.25, 0.3) is 10.9 Å². The van der Waals surface area contributed by atoms with Gasteiger partial charge in [-0.3, -0.25) is 14.2 Å². The molecule has 7 heteroatoms. The van der Waals surface area contributed by atoms with Crippen LogP contribution in [0.5, 0.6) is 0 Å². The lowest BCUT2D eigenvalue weighted by Gasteiger charge is -2.14. The van der Waals surface area contributed by atoms with Crippen LogP contribution < -0.4 is 10.9 Å². The Kier molecular flexibility index (Phi) is 7.98. The highest BCUT2D eigenvalue weighted by molar-refractivity contribution is 7.98. The molecule has 0 aliphatic rings. The van der Waals surface area contributed by atoms with Crippen molar-refractivity contribution in [3.05, 3.63) is 106 Å². The molecule has 4 rings (SSSR count). The molecule has 0 aliphatic heterocycles. The lowest BCUT2D eigenvalue weighted by molar-refractivity contribution is 0.0952. The molecule has 180 valence electrons. The quantitative estimate of drug-likeness (QED) is 0.244. The van der Waals surface area contributed by atoms with Crippen molar-refractivity contribution in [3.8, 4) is 0 Å². The van der Waals surface area contributed by atoms with E-state index in [2.05, 4.69) is 19.2 Å². The van der Waals surface area contributed by atoms with Crippen LogP contribution >= 0.6 is 11.8 Å². The number of hydrogen-bond donors (Lipinski definition) is 1. The molecule has 0 fully saturated rings. The van der Waals surface area contributed by atoms with Crippen molar-refractivity contribution in [1.29, 1.82) is 0 Å². The minimum Gasteiger partial charge on any atom is -0.352 e. The van der Waals surface area contributed by atoms with E-state index in [0.717, 1.165) is 17.5 Å². The molecule has 5 nitrogen and oxygen atoms in total. The number of fused-ring (bicyclic) bond motifs is 1. The van der Waals surface area contributed by atoms with Crippen LogP contribution in [0, 0.1) is 11.7 Å². The smallest absolute Gasteiger partial charge is 0.262 e. The zero-order valence-corrected chi connectivity index (χ0v) is 20.6. The topological polar surface area (TPSA) is 64.0 Å². The number of thioether (sulfide) groups is 1. The summed E-state index contributed by atoms with van der Waals surface area (Å²) in [5, 5.41) is 4.09. The van der Waals surface area contributed by atoms with Crippen molar-refractivity contribution in [2.45, 2.75) is 37.7 Å². The van der Waals surface area contributed by atoms with Crippen LogP contribution in [0.15, 0.2) is 82.7 Å². The average molecular weight is 490 g/mol. The van der Waals surface area contributed by atoms with E-state index >= 15 is 0 Å². The van der Waals surface area contributed by atoms with Crippen molar-refractivity contribution in [1.82, 2.24) is 14.9 Å². The summed E-state index contributed by atoms with van der Waals surface area (Å²) in [6.07, 6.45) is 0.931. The summed E-state index contributed by atoms with van der Waals surface area (Å²) in [4.78, 5) is 30.5. The molecule has 0 atom stereocenters. The molecular weight excluding hydrogens is 461 g/mol. The molecular formula is C28H28FN3O2S. The maximum Gasteiger partial charge on any atom is 0.262 e. The number of rotatable bonds is 9. The summed E-state index contributed by atoms with van der Waals surface area (Å²) in [6, 6.07) is 20.9. The maximum atomic E-state index is 13.4. The molecule has 3 aromatic carbocycles. The van der Waals surface area contributed by atoms with Crippen LogP contribution in [-0.2, 0) is 12.3 Å². The second kappa shape index (κ2) is 11.3. The van der Waals surface area contributed by atoms with Gasteiger partial charge in [-0.1, -0.05) is 62.0 Å².